The number of hydrogen-bond acceptors (Lipinski definition) is 12. The minimum atomic E-state index is -4.34. The zero-order valence-electron chi connectivity index (χ0n) is 29.5. The Morgan fingerprint density at radius 2 is 1.91 bits per heavy atom. The van der Waals surface area contributed by atoms with Crippen molar-refractivity contribution in [3.05, 3.63) is 86.1 Å². The van der Waals surface area contributed by atoms with Crippen LogP contribution in [-0.2, 0) is 41.7 Å². The minimum absolute atomic E-state index is 0.00284. The predicted octanol–water partition coefficient (Wildman–Crippen LogP) is 3.95. The molecule has 15 nitrogen and oxygen atoms in total. The number of fused-ring (bicyclic) bond motifs is 2. The zero-order chi connectivity index (χ0) is 38.7. The van der Waals surface area contributed by atoms with Gasteiger partial charge in [0.15, 0.2) is 17.3 Å². The van der Waals surface area contributed by atoms with Crippen LogP contribution in [0.1, 0.15) is 45.5 Å². The molecular formula is C35H36ClF3N10O5. The van der Waals surface area contributed by atoms with E-state index < -0.39 is 17.6 Å². The number of pyridine rings is 1. The first kappa shape index (κ1) is 38.1. The third kappa shape index (κ3) is 7.43. The minimum Gasteiger partial charge on any atom is -0.504 e. The lowest BCUT2D eigenvalue weighted by molar-refractivity contribution is -0.137. The highest BCUT2D eigenvalue weighted by molar-refractivity contribution is 6.33. The van der Waals surface area contributed by atoms with Crippen molar-refractivity contribution >= 4 is 40.9 Å². The second-order valence-corrected chi connectivity index (χ2v) is 12.8. The van der Waals surface area contributed by atoms with Crippen LogP contribution in [0.2, 0.25) is 5.02 Å². The first-order chi connectivity index (χ1) is 25.9. The molecule has 1 aromatic carbocycles. The fourth-order valence-electron chi connectivity index (χ4n) is 6.41. The number of alkyl halides is 3. The van der Waals surface area contributed by atoms with Crippen LogP contribution in [0.25, 0.3) is 17.2 Å². The number of hydrogen-bond donors (Lipinski definition) is 2. The molecule has 7 rings (SSSR count). The largest absolute Gasteiger partial charge is 0.504 e. The van der Waals surface area contributed by atoms with Gasteiger partial charge < -0.3 is 34.3 Å². The number of nitrogens with zero attached hydrogens (tertiary/aromatic N) is 9. The van der Waals surface area contributed by atoms with Crippen LogP contribution in [-0.4, -0.2) is 96.2 Å². The number of aromatic nitrogens is 7. The Balaban J connectivity index is 0.000000325. The number of amides is 1. The molecule has 0 aliphatic carbocycles. The highest BCUT2D eigenvalue weighted by Crippen LogP contribution is 2.34. The Labute approximate surface area is 311 Å². The number of halogens is 4. The average Bonchev–Trinajstić information content (AvgIpc) is 3.62. The Hall–Kier alpha value is -5.62. The van der Waals surface area contributed by atoms with E-state index in [4.69, 9.17) is 21.3 Å². The summed E-state index contributed by atoms with van der Waals surface area (Å²) >= 11 is 5.57. The molecule has 2 aliphatic heterocycles. The molecule has 0 bridgehead atoms. The van der Waals surface area contributed by atoms with E-state index in [0.29, 0.717) is 80.0 Å². The molecule has 2 N–H and O–H groups in total. The van der Waals surface area contributed by atoms with Crippen molar-refractivity contribution in [3.63, 3.8) is 0 Å². The highest BCUT2D eigenvalue weighted by atomic mass is 35.5. The summed E-state index contributed by atoms with van der Waals surface area (Å²) in [5.74, 6) is -0.0256. The van der Waals surface area contributed by atoms with Gasteiger partial charge in [-0.15, -0.1) is 5.10 Å². The van der Waals surface area contributed by atoms with Crippen LogP contribution in [0, 0.1) is 6.92 Å². The monoisotopic (exact) mass is 768 g/mol. The number of carbonyl (C=O) groups is 2. The Morgan fingerprint density at radius 3 is 2.57 bits per heavy atom. The number of benzene rings is 1. The SMILES string of the molecule is CCc1c(N2CCN(C(=O)c3ncnc(C)c3O)CC2)c(=O)n2nc(-c3cncc4c3COCC4)nc2n1CC=O.CNc1ccc(C(F)(F)F)cc1Cl. The van der Waals surface area contributed by atoms with Crippen LogP contribution in [0.5, 0.6) is 5.75 Å². The standard InChI is InChI=1S/C27H29N9O5.C8H7ClF3N/c1-3-20-22(33-5-7-34(8-6-33)25(39)21-23(38)16(2)29-15-30-21)26(40)36-27(35(20)9-10-37)31-24(32-36)18-13-28-12-17-4-11-41-14-19(17)18;1-13-7-3-2-5(4-6(7)9)8(10,11)12/h10,12-13,15,38H,3-9,11,14H2,1-2H3;2-4,13H,1H3. The van der Waals surface area contributed by atoms with Gasteiger partial charge >= 0.3 is 6.18 Å². The number of ether oxygens (including phenoxy) is 1. The second kappa shape index (κ2) is 15.8. The number of nitrogens with one attached hydrogen (secondary N) is 1. The maximum absolute atomic E-state index is 14.0. The molecule has 6 heterocycles. The topological polar surface area (TPSA) is 173 Å². The number of aromatic hydroxyl groups is 1. The Morgan fingerprint density at radius 1 is 1.15 bits per heavy atom. The van der Waals surface area contributed by atoms with Gasteiger partial charge in [0.2, 0.25) is 5.78 Å². The van der Waals surface area contributed by atoms with Gasteiger partial charge in [-0.3, -0.25) is 14.6 Å². The van der Waals surface area contributed by atoms with Gasteiger partial charge in [-0.1, -0.05) is 18.5 Å². The van der Waals surface area contributed by atoms with E-state index in [1.54, 1.807) is 29.6 Å². The van der Waals surface area contributed by atoms with Crippen LogP contribution < -0.4 is 15.8 Å². The fraction of sp³-hybridized carbons (Fsp3) is 0.371. The van der Waals surface area contributed by atoms with E-state index in [1.807, 2.05) is 18.0 Å². The first-order valence-corrected chi connectivity index (χ1v) is 17.3. The molecule has 1 fully saturated rings. The lowest BCUT2D eigenvalue weighted by Crippen LogP contribution is -2.51. The van der Waals surface area contributed by atoms with Crippen molar-refractivity contribution in [1.82, 2.24) is 39.0 Å². The maximum Gasteiger partial charge on any atom is 0.416 e. The summed E-state index contributed by atoms with van der Waals surface area (Å²) in [4.78, 5) is 59.2. The molecule has 5 aromatic rings. The summed E-state index contributed by atoms with van der Waals surface area (Å²) in [5.41, 5.74) is 3.44. The number of carbonyl (C=O) groups excluding carboxylic acids is 2. The second-order valence-electron chi connectivity index (χ2n) is 12.4. The van der Waals surface area contributed by atoms with Crippen molar-refractivity contribution in [2.24, 2.45) is 0 Å². The summed E-state index contributed by atoms with van der Waals surface area (Å²) in [6, 6.07) is 3.18. The van der Waals surface area contributed by atoms with Crippen LogP contribution in [0.4, 0.5) is 24.5 Å². The molecule has 0 spiro atoms. The Kier molecular flexibility index (Phi) is 11.1. The van der Waals surface area contributed by atoms with E-state index in [9.17, 15) is 32.7 Å². The smallest absolute Gasteiger partial charge is 0.416 e. The summed E-state index contributed by atoms with van der Waals surface area (Å²) < 4.78 is 45.0. The molecular weight excluding hydrogens is 733 g/mol. The van der Waals surface area contributed by atoms with E-state index in [1.165, 1.54) is 16.9 Å². The van der Waals surface area contributed by atoms with Crippen LogP contribution in [0.3, 0.4) is 0 Å². The zero-order valence-corrected chi connectivity index (χ0v) is 30.3. The van der Waals surface area contributed by atoms with Gasteiger partial charge in [-0.25, -0.2) is 9.97 Å². The number of piperazine rings is 1. The molecule has 1 amide bonds. The van der Waals surface area contributed by atoms with Gasteiger partial charge in [-0.2, -0.15) is 22.7 Å². The predicted molar refractivity (Wildman–Crippen MR) is 192 cm³/mol. The van der Waals surface area contributed by atoms with Crippen molar-refractivity contribution in [2.75, 3.05) is 50.1 Å². The first-order valence-electron chi connectivity index (χ1n) is 17.0. The normalized spacial score (nSPS) is 14.4. The van der Waals surface area contributed by atoms with Crippen LogP contribution >= 0.6 is 11.6 Å². The third-order valence-electron chi connectivity index (χ3n) is 9.22. The molecule has 2 aliphatic rings. The van der Waals surface area contributed by atoms with E-state index in [0.717, 1.165) is 36.0 Å². The molecule has 1 saturated heterocycles. The third-order valence-corrected chi connectivity index (χ3v) is 9.54. The molecule has 0 saturated carbocycles. The molecule has 0 radical (unpaired) electrons. The molecule has 284 valence electrons. The molecule has 54 heavy (non-hydrogen) atoms. The number of anilines is 2. The number of aldehydes is 1. The highest BCUT2D eigenvalue weighted by Gasteiger charge is 2.32. The summed E-state index contributed by atoms with van der Waals surface area (Å²) in [6.45, 7) is 5.87. The number of rotatable bonds is 7. The van der Waals surface area contributed by atoms with Gasteiger partial charge in [-0.05, 0) is 49.1 Å². The molecule has 0 unspecified atom stereocenters. The summed E-state index contributed by atoms with van der Waals surface area (Å²) in [7, 11) is 1.59. The molecule has 4 aromatic heterocycles. The summed E-state index contributed by atoms with van der Waals surface area (Å²) in [6.07, 6.45) is 2.37. The summed E-state index contributed by atoms with van der Waals surface area (Å²) in [5, 5.41) is 17.6. The average molecular weight is 769 g/mol. The van der Waals surface area contributed by atoms with Crippen molar-refractivity contribution in [2.45, 2.75) is 46.0 Å². The molecule has 19 heteroatoms. The van der Waals surface area contributed by atoms with Gasteiger partial charge in [0.25, 0.3) is 11.5 Å². The van der Waals surface area contributed by atoms with Crippen molar-refractivity contribution in [3.8, 4) is 17.1 Å². The lowest BCUT2D eigenvalue weighted by Gasteiger charge is -2.36. The maximum atomic E-state index is 14.0. The van der Waals surface area contributed by atoms with Crippen molar-refractivity contribution < 1.29 is 32.6 Å². The fourth-order valence-corrected chi connectivity index (χ4v) is 6.68. The van der Waals surface area contributed by atoms with E-state index in [-0.39, 0.29) is 34.3 Å². The lowest BCUT2D eigenvalue weighted by atomic mass is 10.0. The van der Waals surface area contributed by atoms with Crippen molar-refractivity contribution in [1.29, 1.82) is 0 Å². The van der Waals surface area contributed by atoms with Crippen LogP contribution in [0.15, 0.2) is 41.7 Å². The molecule has 0 atom stereocenters. The van der Waals surface area contributed by atoms with Gasteiger partial charge in [0.05, 0.1) is 47.4 Å². The Bertz CT molecular complexity index is 2270. The van der Waals surface area contributed by atoms with Gasteiger partial charge in [0.1, 0.15) is 18.3 Å². The van der Waals surface area contributed by atoms with Gasteiger partial charge in [0, 0.05) is 51.2 Å². The quantitative estimate of drug-likeness (QED) is 0.229. The van der Waals surface area contributed by atoms with E-state index >= 15 is 0 Å². The van der Waals surface area contributed by atoms with E-state index in [2.05, 4.69) is 25.4 Å². The number of aryl methyl sites for hydroxylation is 1.